The van der Waals surface area contributed by atoms with Crippen LogP contribution >= 0.6 is 23.2 Å². The number of fused-ring (bicyclic) bond motifs is 1. The van der Waals surface area contributed by atoms with Crippen LogP contribution < -0.4 is 0 Å². The molecule has 7 heteroatoms. The minimum atomic E-state index is -3.72. The van der Waals surface area contributed by atoms with Crippen molar-refractivity contribution in [1.82, 2.24) is 9.29 Å². The molecule has 1 atom stereocenters. The summed E-state index contributed by atoms with van der Waals surface area (Å²) in [7, 11) is -3.72. The fourth-order valence-corrected chi connectivity index (χ4v) is 5.07. The zero-order chi connectivity index (χ0) is 18.9. The summed E-state index contributed by atoms with van der Waals surface area (Å²) in [5, 5.41) is 1.84. The number of rotatable bonds is 5. The Bertz CT molecular complexity index is 1040. The third-order valence-electron chi connectivity index (χ3n) is 4.39. The van der Waals surface area contributed by atoms with Crippen molar-refractivity contribution in [2.24, 2.45) is 0 Å². The molecular formula is C19H18Cl2N2O2S. The molecule has 0 radical (unpaired) electrons. The van der Waals surface area contributed by atoms with Crippen LogP contribution in [0.2, 0.25) is 10.2 Å². The van der Waals surface area contributed by atoms with Gasteiger partial charge in [0, 0.05) is 29.6 Å². The molecule has 4 nitrogen and oxygen atoms in total. The van der Waals surface area contributed by atoms with E-state index in [2.05, 4.69) is 4.98 Å². The molecule has 0 saturated carbocycles. The van der Waals surface area contributed by atoms with Crippen LogP contribution in [-0.4, -0.2) is 24.3 Å². The normalized spacial score (nSPS) is 13.3. The van der Waals surface area contributed by atoms with Gasteiger partial charge in [-0.1, -0.05) is 66.5 Å². The van der Waals surface area contributed by atoms with Crippen molar-refractivity contribution in [1.29, 1.82) is 0 Å². The number of aromatic nitrogens is 1. The summed E-state index contributed by atoms with van der Waals surface area (Å²) in [6, 6.07) is 14.0. The summed E-state index contributed by atoms with van der Waals surface area (Å²) in [6.07, 6.45) is 1.45. The number of sulfonamides is 1. The first-order valence-electron chi connectivity index (χ1n) is 8.16. The van der Waals surface area contributed by atoms with Gasteiger partial charge < -0.3 is 0 Å². The van der Waals surface area contributed by atoms with Crippen LogP contribution in [-0.2, 0) is 10.0 Å². The van der Waals surface area contributed by atoms with E-state index in [4.69, 9.17) is 23.2 Å². The van der Waals surface area contributed by atoms with Crippen molar-refractivity contribution in [2.45, 2.75) is 24.8 Å². The topological polar surface area (TPSA) is 50.3 Å². The second-order valence-electron chi connectivity index (χ2n) is 5.90. The summed E-state index contributed by atoms with van der Waals surface area (Å²) >= 11 is 12.3. The van der Waals surface area contributed by atoms with Gasteiger partial charge in [-0.05, 0) is 24.6 Å². The predicted molar refractivity (Wildman–Crippen MR) is 106 cm³/mol. The fraction of sp³-hybridized carbons (Fsp3) is 0.211. The Hall–Kier alpha value is -1.66. The molecule has 2 aromatic carbocycles. The van der Waals surface area contributed by atoms with E-state index in [1.54, 1.807) is 12.1 Å². The zero-order valence-electron chi connectivity index (χ0n) is 14.4. The Morgan fingerprint density at radius 3 is 2.42 bits per heavy atom. The number of nitrogens with zero attached hydrogens (tertiary/aromatic N) is 2. The van der Waals surface area contributed by atoms with Crippen LogP contribution in [0.15, 0.2) is 59.6 Å². The molecule has 0 aliphatic carbocycles. The van der Waals surface area contributed by atoms with Crippen molar-refractivity contribution in [3.8, 4) is 0 Å². The first-order chi connectivity index (χ1) is 12.4. The Balaban J connectivity index is 2.09. The molecule has 0 unspecified atom stereocenters. The number of hydrogen-bond donors (Lipinski definition) is 0. The lowest BCUT2D eigenvalue weighted by Crippen LogP contribution is -2.33. The first-order valence-corrected chi connectivity index (χ1v) is 10.4. The smallest absolute Gasteiger partial charge is 0.242 e. The minimum Gasteiger partial charge on any atom is -0.242 e. The van der Waals surface area contributed by atoms with Crippen LogP contribution in [0.5, 0.6) is 0 Å². The van der Waals surface area contributed by atoms with E-state index in [9.17, 15) is 8.42 Å². The molecule has 26 heavy (non-hydrogen) atoms. The van der Waals surface area contributed by atoms with Crippen molar-refractivity contribution in [3.05, 3.63) is 70.5 Å². The highest BCUT2D eigenvalue weighted by Gasteiger charge is 2.29. The third kappa shape index (κ3) is 3.45. The van der Waals surface area contributed by atoms with Crippen molar-refractivity contribution in [2.75, 3.05) is 6.54 Å². The summed E-state index contributed by atoms with van der Waals surface area (Å²) in [6.45, 7) is 4.05. The summed E-state index contributed by atoms with van der Waals surface area (Å²) in [5.74, 6) is 0. The van der Waals surface area contributed by atoms with Crippen molar-refractivity contribution >= 4 is 44.0 Å². The zero-order valence-corrected chi connectivity index (χ0v) is 16.7. The van der Waals surface area contributed by atoms with Crippen LogP contribution in [0.4, 0.5) is 0 Å². The summed E-state index contributed by atoms with van der Waals surface area (Å²) in [5.41, 5.74) is 0.932. The monoisotopic (exact) mass is 408 g/mol. The van der Waals surface area contributed by atoms with Gasteiger partial charge in [-0.25, -0.2) is 13.4 Å². The van der Waals surface area contributed by atoms with Gasteiger partial charge in [-0.2, -0.15) is 4.31 Å². The standard InChI is InChI=1S/C19H18Cl2N2O2S/c1-3-23(13(2)14-7-5-4-6-8-14)26(24,25)15-9-10-16-17(11-15)19(21)22-12-18(16)20/h4-13H,3H2,1-2H3/t13-/m0/s1. The molecule has 3 aromatic rings. The third-order valence-corrected chi connectivity index (χ3v) is 7.04. The summed E-state index contributed by atoms with van der Waals surface area (Å²) < 4.78 is 28.0. The van der Waals surface area contributed by atoms with Crippen LogP contribution in [0.1, 0.15) is 25.5 Å². The van der Waals surface area contributed by atoms with Gasteiger partial charge in [0.1, 0.15) is 5.15 Å². The van der Waals surface area contributed by atoms with E-state index in [0.717, 1.165) is 5.56 Å². The second kappa shape index (κ2) is 7.53. The number of pyridine rings is 1. The van der Waals surface area contributed by atoms with Crippen molar-refractivity contribution < 1.29 is 8.42 Å². The number of hydrogen-bond acceptors (Lipinski definition) is 3. The van der Waals surface area contributed by atoms with Crippen molar-refractivity contribution in [3.63, 3.8) is 0 Å². The maximum atomic E-state index is 13.2. The SMILES string of the molecule is CCN([C@@H](C)c1ccccc1)S(=O)(=O)c1ccc2c(Cl)cnc(Cl)c2c1. The first kappa shape index (κ1) is 19.1. The van der Waals surface area contributed by atoms with Gasteiger partial charge in [0.25, 0.3) is 0 Å². The van der Waals surface area contributed by atoms with E-state index in [0.29, 0.717) is 22.3 Å². The van der Waals surface area contributed by atoms with Gasteiger partial charge in [0.05, 0.1) is 9.92 Å². The minimum absolute atomic E-state index is 0.167. The molecule has 136 valence electrons. The lowest BCUT2D eigenvalue weighted by atomic mass is 10.1. The van der Waals surface area contributed by atoms with Gasteiger partial charge in [-0.15, -0.1) is 0 Å². The van der Waals surface area contributed by atoms with Gasteiger partial charge in [0.2, 0.25) is 10.0 Å². The van der Waals surface area contributed by atoms with E-state index >= 15 is 0 Å². The van der Waals surface area contributed by atoms with E-state index in [1.807, 2.05) is 44.2 Å². The van der Waals surface area contributed by atoms with Gasteiger partial charge in [0.15, 0.2) is 0 Å². The molecule has 0 amide bonds. The second-order valence-corrected chi connectivity index (χ2v) is 8.56. The highest BCUT2D eigenvalue weighted by molar-refractivity contribution is 7.89. The number of benzene rings is 2. The molecule has 0 fully saturated rings. The Morgan fingerprint density at radius 2 is 1.77 bits per heavy atom. The summed E-state index contributed by atoms with van der Waals surface area (Å²) in [4.78, 5) is 4.17. The molecule has 0 saturated heterocycles. The quantitative estimate of drug-likeness (QED) is 0.537. The Kier molecular flexibility index (Phi) is 5.53. The van der Waals surface area contributed by atoms with Crippen LogP contribution in [0.3, 0.4) is 0 Å². The fourth-order valence-electron chi connectivity index (χ4n) is 3.00. The Morgan fingerprint density at radius 1 is 1.08 bits per heavy atom. The molecule has 0 N–H and O–H groups in total. The van der Waals surface area contributed by atoms with Gasteiger partial charge >= 0.3 is 0 Å². The van der Waals surface area contributed by atoms with E-state index < -0.39 is 10.0 Å². The molecule has 1 aromatic heterocycles. The molecule has 0 aliphatic rings. The van der Waals surface area contributed by atoms with Crippen LogP contribution in [0.25, 0.3) is 10.8 Å². The molecule has 0 spiro atoms. The van der Waals surface area contributed by atoms with E-state index in [1.165, 1.54) is 16.6 Å². The largest absolute Gasteiger partial charge is 0.243 e. The molecule has 0 aliphatic heterocycles. The average Bonchev–Trinajstić information content (AvgIpc) is 2.65. The lowest BCUT2D eigenvalue weighted by molar-refractivity contribution is 0.357. The number of halogens is 2. The molecular weight excluding hydrogens is 391 g/mol. The van der Waals surface area contributed by atoms with Crippen LogP contribution in [0, 0.1) is 0 Å². The van der Waals surface area contributed by atoms with E-state index in [-0.39, 0.29) is 16.1 Å². The Labute approximate surface area is 163 Å². The predicted octanol–water partition coefficient (Wildman–Crippen LogP) is 5.31. The maximum Gasteiger partial charge on any atom is 0.243 e. The molecule has 1 heterocycles. The highest BCUT2D eigenvalue weighted by Crippen LogP contribution is 2.32. The highest BCUT2D eigenvalue weighted by atomic mass is 35.5. The van der Waals surface area contributed by atoms with Gasteiger partial charge in [-0.3, -0.25) is 0 Å². The average molecular weight is 409 g/mol. The lowest BCUT2D eigenvalue weighted by Gasteiger charge is -2.27. The maximum absolute atomic E-state index is 13.2. The molecule has 3 rings (SSSR count). The molecule has 0 bridgehead atoms.